The lowest BCUT2D eigenvalue weighted by atomic mass is 10.1. The number of methoxy groups -OCH3 is 4. The first-order chi connectivity index (χ1) is 15.3. The summed E-state index contributed by atoms with van der Waals surface area (Å²) in [5.74, 6) is -0.194. The first kappa shape index (κ1) is 24.5. The zero-order valence-electron chi connectivity index (χ0n) is 18.2. The van der Waals surface area contributed by atoms with Crippen LogP contribution in [0.25, 0.3) is 6.08 Å². The van der Waals surface area contributed by atoms with Crippen LogP contribution in [0.3, 0.4) is 0 Å². The van der Waals surface area contributed by atoms with E-state index >= 15 is 0 Å². The summed E-state index contributed by atoms with van der Waals surface area (Å²) in [5, 5.41) is 11.9. The Bertz CT molecular complexity index is 967. The standard InChI is InChI=1S/C22H26N2O8/c1-28-14-11-18(30-3)15(19(12-14)31-4)9-10-20(26)24-22(23,13-25)21(27)32-17-8-6-5-7-16(17)29-2/h5-12,25H,13,23H2,1-4H3,(H,24,26). The van der Waals surface area contributed by atoms with Gasteiger partial charge in [-0.25, -0.2) is 4.79 Å². The Morgan fingerprint density at radius 1 is 0.969 bits per heavy atom. The van der Waals surface area contributed by atoms with Crippen LogP contribution in [0.1, 0.15) is 5.56 Å². The lowest BCUT2D eigenvalue weighted by Crippen LogP contribution is -2.65. The van der Waals surface area contributed by atoms with Crippen molar-refractivity contribution >= 4 is 18.0 Å². The highest BCUT2D eigenvalue weighted by Gasteiger charge is 2.37. The molecule has 10 heteroatoms. The Labute approximate surface area is 185 Å². The Kier molecular flexibility index (Phi) is 8.45. The van der Waals surface area contributed by atoms with E-state index in [9.17, 15) is 14.7 Å². The number of carbonyl (C=O) groups is 2. The molecule has 0 aliphatic rings. The van der Waals surface area contributed by atoms with Crippen molar-refractivity contribution in [2.75, 3.05) is 35.0 Å². The molecule has 2 aromatic rings. The van der Waals surface area contributed by atoms with Crippen molar-refractivity contribution in [1.29, 1.82) is 0 Å². The molecule has 1 atom stereocenters. The highest BCUT2D eigenvalue weighted by molar-refractivity contribution is 5.97. The number of hydrogen-bond donors (Lipinski definition) is 3. The minimum atomic E-state index is -2.20. The number of carbonyl (C=O) groups excluding carboxylic acids is 2. The number of para-hydroxylation sites is 2. The lowest BCUT2D eigenvalue weighted by Gasteiger charge is -2.25. The van der Waals surface area contributed by atoms with E-state index in [1.807, 2.05) is 0 Å². The molecule has 0 radical (unpaired) electrons. The summed E-state index contributed by atoms with van der Waals surface area (Å²) in [6.07, 6.45) is 2.52. The third-order valence-electron chi connectivity index (χ3n) is 4.39. The maximum atomic E-state index is 12.6. The molecule has 4 N–H and O–H groups in total. The maximum absolute atomic E-state index is 12.6. The Morgan fingerprint density at radius 2 is 1.53 bits per heavy atom. The number of hydrogen-bond acceptors (Lipinski definition) is 9. The number of ether oxygens (including phenoxy) is 5. The number of benzene rings is 2. The van der Waals surface area contributed by atoms with E-state index in [0.29, 0.717) is 22.8 Å². The molecular weight excluding hydrogens is 420 g/mol. The summed E-state index contributed by atoms with van der Waals surface area (Å²) in [7, 11) is 5.81. The number of aliphatic hydroxyl groups is 1. The molecule has 2 rings (SSSR count). The molecule has 0 aliphatic carbocycles. The van der Waals surface area contributed by atoms with Gasteiger partial charge in [-0.05, 0) is 18.2 Å². The van der Waals surface area contributed by atoms with Crippen molar-refractivity contribution in [3.8, 4) is 28.7 Å². The molecule has 0 bridgehead atoms. The third kappa shape index (κ3) is 5.68. The topological polar surface area (TPSA) is 139 Å². The Hall–Kier alpha value is -3.76. The predicted molar refractivity (Wildman–Crippen MR) is 116 cm³/mol. The molecule has 1 unspecified atom stereocenters. The highest BCUT2D eigenvalue weighted by atomic mass is 16.6. The summed E-state index contributed by atoms with van der Waals surface area (Å²) >= 11 is 0. The molecule has 0 aromatic heterocycles. The van der Waals surface area contributed by atoms with Crippen LogP contribution in [0.15, 0.2) is 42.5 Å². The predicted octanol–water partition coefficient (Wildman–Crippen LogP) is 1.10. The van der Waals surface area contributed by atoms with E-state index in [0.717, 1.165) is 6.08 Å². The average molecular weight is 446 g/mol. The second kappa shape index (κ2) is 11.0. The molecule has 0 fully saturated rings. The summed E-state index contributed by atoms with van der Waals surface area (Å²) in [6, 6.07) is 9.61. The van der Waals surface area contributed by atoms with Crippen molar-refractivity contribution in [3.05, 3.63) is 48.0 Å². The van der Waals surface area contributed by atoms with Gasteiger partial charge in [0.2, 0.25) is 11.6 Å². The van der Waals surface area contributed by atoms with Crippen LogP contribution in [0, 0.1) is 0 Å². The number of rotatable bonds is 10. The second-order valence-electron chi connectivity index (χ2n) is 6.44. The van der Waals surface area contributed by atoms with Crippen molar-refractivity contribution in [2.24, 2.45) is 5.73 Å². The van der Waals surface area contributed by atoms with Gasteiger partial charge in [-0.1, -0.05) is 12.1 Å². The van der Waals surface area contributed by atoms with Crippen LogP contribution in [0.5, 0.6) is 28.7 Å². The van der Waals surface area contributed by atoms with Gasteiger partial charge < -0.3 is 34.1 Å². The van der Waals surface area contributed by atoms with Crippen LogP contribution in [0.4, 0.5) is 0 Å². The SMILES string of the molecule is COc1cc(OC)c(C=CC(=O)NC(N)(CO)C(=O)Oc2ccccc2OC)c(OC)c1. The largest absolute Gasteiger partial charge is 0.496 e. The fourth-order valence-electron chi connectivity index (χ4n) is 2.67. The third-order valence-corrected chi connectivity index (χ3v) is 4.39. The first-order valence-electron chi connectivity index (χ1n) is 9.37. The average Bonchev–Trinajstić information content (AvgIpc) is 2.82. The van der Waals surface area contributed by atoms with E-state index in [-0.39, 0.29) is 11.5 Å². The van der Waals surface area contributed by atoms with Crippen LogP contribution < -0.4 is 34.7 Å². The fourth-order valence-corrected chi connectivity index (χ4v) is 2.67. The molecule has 0 saturated carbocycles. The Morgan fingerprint density at radius 3 is 2.03 bits per heavy atom. The van der Waals surface area contributed by atoms with Crippen LogP contribution in [0.2, 0.25) is 0 Å². The number of esters is 1. The first-order valence-corrected chi connectivity index (χ1v) is 9.37. The molecule has 32 heavy (non-hydrogen) atoms. The van der Waals surface area contributed by atoms with Crippen LogP contribution in [-0.4, -0.2) is 57.7 Å². The minimum absolute atomic E-state index is 0.0840. The van der Waals surface area contributed by atoms with Crippen molar-refractivity contribution < 1.29 is 38.4 Å². The van der Waals surface area contributed by atoms with E-state index in [1.54, 1.807) is 30.3 Å². The summed E-state index contributed by atoms with van der Waals surface area (Å²) in [4.78, 5) is 25.0. The summed E-state index contributed by atoms with van der Waals surface area (Å²) < 4.78 is 26.1. The summed E-state index contributed by atoms with van der Waals surface area (Å²) in [5.41, 5.74) is 4.16. The van der Waals surface area contributed by atoms with Gasteiger partial charge in [0, 0.05) is 18.2 Å². The molecule has 0 aliphatic heterocycles. The van der Waals surface area contributed by atoms with Gasteiger partial charge in [0.05, 0.1) is 40.6 Å². The maximum Gasteiger partial charge on any atom is 0.354 e. The number of nitrogens with two attached hydrogens (primary N) is 1. The van der Waals surface area contributed by atoms with Crippen molar-refractivity contribution in [1.82, 2.24) is 5.32 Å². The number of aliphatic hydroxyl groups excluding tert-OH is 1. The molecule has 0 spiro atoms. The van der Waals surface area contributed by atoms with Gasteiger partial charge in [-0.3, -0.25) is 10.5 Å². The zero-order chi connectivity index (χ0) is 23.7. The minimum Gasteiger partial charge on any atom is -0.496 e. The van der Waals surface area contributed by atoms with E-state index in [1.165, 1.54) is 40.6 Å². The molecule has 10 nitrogen and oxygen atoms in total. The lowest BCUT2D eigenvalue weighted by molar-refractivity contribution is -0.146. The quantitative estimate of drug-likeness (QED) is 0.212. The normalized spacial score (nSPS) is 12.6. The number of nitrogens with one attached hydrogen (secondary N) is 1. The monoisotopic (exact) mass is 446 g/mol. The molecular formula is C22H26N2O8. The summed E-state index contributed by atoms with van der Waals surface area (Å²) in [6.45, 7) is -0.907. The smallest absolute Gasteiger partial charge is 0.354 e. The van der Waals surface area contributed by atoms with Gasteiger partial charge in [0.1, 0.15) is 17.2 Å². The van der Waals surface area contributed by atoms with Gasteiger partial charge >= 0.3 is 5.97 Å². The molecule has 0 heterocycles. The molecule has 1 amide bonds. The van der Waals surface area contributed by atoms with Crippen LogP contribution >= 0.6 is 0 Å². The molecule has 172 valence electrons. The molecule has 2 aromatic carbocycles. The van der Waals surface area contributed by atoms with E-state index in [4.69, 9.17) is 29.4 Å². The second-order valence-corrected chi connectivity index (χ2v) is 6.44. The highest BCUT2D eigenvalue weighted by Crippen LogP contribution is 2.35. The van der Waals surface area contributed by atoms with Crippen molar-refractivity contribution in [2.45, 2.75) is 5.66 Å². The van der Waals surface area contributed by atoms with Crippen molar-refractivity contribution in [3.63, 3.8) is 0 Å². The van der Waals surface area contributed by atoms with Gasteiger partial charge in [-0.15, -0.1) is 0 Å². The van der Waals surface area contributed by atoms with E-state index < -0.39 is 24.1 Å². The Balaban J connectivity index is 2.21. The number of amides is 1. The fraction of sp³-hybridized carbons (Fsp3) is 0.273. The van der Waals surface area contributed by atoms with Gasteiger partial charge in [-0.2, -0.15) is 0 Å². The van der Waals surface area contributed by atoms with Gasteiger partial charge in [0.15, 0.2) is 11.5 Å². The zero-order valence-corrected chi connectivity index (χ0v) is 18.2. The van der Waals surface area contributed by atoms with Gasteiger partial charge in [0.25, 0.3) is 0 Å². The molecule has 0 saturated heterocycles. The van der Waals surface area contributed by atoms with E-state index in [2.05, 4.69) is 5.32 Å². The van der Waals surface area contributed by atoms with Crippen LogP contribution in [-0.2, 0) is 9.59 Å².